The van der Waals surface area contributed by atoms with Gasteiger partial charge in [-0.3, -0.25) is 4.79 Å². The first-order valence-corrected chi connectivity index (χ1v) is 9.72. The van der Waals surface area contributed by atoms with Crippen molar-refractivity contribution in [2.45, 2.75) is 33.7 Å². The highest BCUT2D eigenvalue weighted by Crippen LogP contribution is 2.33. The van der Waals surface area contributed by atoms with Crippen molar-refractivity contribution in [2.24, 2.45) is 11.7 Å². The number of carbonyl (C=O) groups is 2. The predicted molar refractivity (Wildman–Crippen MR) is 113 cm³/mol. The maximum Gasteiger partial charge on any atom is 0.316 e. The fourth-order valence-corrected chi connectivity index (χ4v) is 2.97. The lowest BCUT2D eigenvalue weighted by Crippen LogP contribution is -2.31. The molecule has 0 aliphatic heterocycles. The molecule has 0 spiro atoms. The maximum atomic E-state index is 12.8. The van der Waals surface area contributed by atoms with Crippen molar-refractivity contribution in [3.8, 4) is 11.5 Å². The lowest BCUT2D eigenvalue weighted by Gasteiger charge is -2.24. The summed E-state index contributed by atoms with van der Waals surface area (Å²) in [5.41, 5.74) is 7.06. The quantitative estimate of drug-likeness (QED) is 0.590. The number of nitrogens with two attached hydrogens (primary N) is 1. The van der Waals surface area contributed by atoms with E-state index in [0.717, 1.165) is 5.56 Å². The van der Waals surface area contributed by atoms with E-state index in [4.69, 9.17) is 15.2 Å². The molecule has 2 rings (SSSR count). The van der Waals surface area contributed by atoms with E-state index in [1.165, 1.54) is 0 Å². The Balaban J connectivity index is 2.22. The molecule has 0 heterocycles. The molecule has 0 bridgehead atoms. The summed E-state index contributed by atoms with van der Waals surface area (Å²) in [5.74, 6) is 1.29. The van der Waals surface area contributed by atoms with Crippen LogP contribution in [0, 0.1) is 5.92 Å². The molecule has 7 nitrogen and oxygen atoms in total. The number of primary amides is 1. The molecule has 0 aliphatic carbocycles. The van der Waals surface area contributed by atoms with Gasteiger partial charge < -0.3 is 25.8 Å². The Morgan fingerprint density at radius 1 is 0.966 bits per heavy atom. The smallest absolute Gasteiger partial charge is 0.316 e. The monoisotopic (exact) mass is 399 g/mol. The van der Waals surface area contributed by atoms with Gasteiger partial charge in [-0.25, -0.2) is 4.79 Å². The van der Waals surface area contributed by atoms with Crippen LogP contribution < -0.4 is 25.8 Å². The molecule has 0 saturated heterocycles. The molecule has 1 atom stereocenters. The van der Waals surface area contributed by atoms with Crippen LogP contribution in [0.5, 0.6) is 11.5 Å². The Kier molecular flexibility index (Phi) is 7.88. The largest absolute Gasteiger partial charge is 0.490 e. The van der Waals surface area contributed by atoms with E-state index in [9.17, 15) is 9.59 Å². The first kappa shape index (κ1) is 22.1. The molecular formula is C22H29N3O4. The molecule has 7 heteroatoms. The van der Waals surface area contributed by atoms with Gasteiger partial charge >= 0.3 is 6.03 Å². The summed E-state index contributed by atoms with van der Waals surface area (Å²) < 4.78 is 11.3. The highest BCUT2D eigenvalue weighted by molar-refractivity contribution is 5.95. The van der Waals surface area contributed by atoms with E-state index in [1.807, 2.05) is 45.9 Å². The van der Waals surface area contributed by atoms with Crippen LogP contribution in [0.3, 0.4) is 0 Å². The second-order valence-electron chi connectivity index (χ2n) is 6.83. The van der Waals surface area contributed by atoms with Crippen molar-refractivity contribution in [2.75, 3.05) is 18.5 Å². The summed E-state index contributed by atoms with van der Waals surface area (Å²) >= 11 is 0. The first-order chi connectivity index (χ1) is 13.8. The second kappa shape index (κ2) is 10.4. The third-order valence-corrected chi connectivity index (χ3v) is 4.29. The van der Waals surface area contributed by atoms with Crippen LogP contribution in [0.1, 0.15) is 49.7 Å². The Hall–Kier alpha value is -3.22. The number of rotatable bonds is 9. The number of benzene rings is 2. The van der Waals surface area contributed by atoms with Crippen molar-refractivity contribution >= 4 is 17.6 Å². The molecule has 29 heavy (non-hydrogen) atoms. The second-order valence-corrected chi connectivity index (χ2v) is 6.83. The van der Waals surface area contributed by atoms with Gasteiger partial charge in [0.2, 0.25) is 0 Å². The fraction of sp³-hybridized carbons (Fsp3) is 0.364. The molecule has 0 aromatic heterocycles. The number of urea groups is 1. The van der Waals surface area contributed by atoms with Gasteiger partial charge in [-0.2, -0.15) is 0 Å². The molecule has 0 fully saturated rings. The molecule has 3 amide bonds. The number of anilines is 1. The minimum absolute atomic E-state index is 0.155. The Bertz CT molecular complexity index is 834. The minimum atomic E-state index is -0.650. The number of hydrogen-bond donors (Lipinski definition) is 3. The van der Waals surface area contributed by atoms with E-state index < -0.39 is 6.03 Å². The molecule has 0 radical (unpaired) electrons. The summed E-state index contributed by atoms with van der Waals surface area (Å²) in [6, 6.07) is 11.4. The molecular weight excluding hydrogens is 370 g/mol. The molecule has 156 valence electrons. The van der Waals surface area contributed by atoms with Gasteiger partial charge in [0, 0.05) is 11.3 Å². The summed E-state index contributed by atoms with van der Waals surface area (Å²) in [7, 11) is 0. The van der Waals surface area contributed by atoms with Crippen molar-refractivity contribution in [3.05, 3.63) is 53.6 Å². The van der Waals surface area contributed by atoms with Gasteiger partial charge in [0.15, 0.2) is 11.5 Å². The van der Waals surface area contributed by atoms with Gasteiger partial charge in [-0.1, -0.05) is 19.9 Å². The number of nitrogens with one attached hydrogen (secondary N) is 2. The normalized spacial score (nSPS) is 11.6. The average Bonchev–Trinajstić information content (AvgIpc) is 2.67. The van der Waals surface area contributed by atoms with Crippen molar-refractivity contribution < 1.29 is 19.1 Å². The van der Waals surface area contributed by atoms with E-state index in [-0.39, 0.29) is 17.9 Å². The zero-order chi connectivity index (χ0) is 21.4. The minimum Gasteiger partial charge on any atom is -0.490 e. The van der Waals surface area contributed by atoms with Crippen LogP contribution in [0.15, 0.2) is 42.5 Å². The lowest BCUT2D eigenvalue weighted by molar-refractivity contribution is 0.0925. The Labute approximate surface area is 171 Å². The number of amides is 3. The third kappa shape index (κ3) is 6.14. The van der Waals surface area contributed by atoms with Gasteiger partial charge in [0.05, 0.1) is 19.3 Å². The Morgan fingerprint density at radius 2 is 1.59 bits per heavy atom. The fourth-order valence-electron chi connectivity index (χ4n) is 2.97. The number of hydrogen-bond acceptors (Lipinski definition) is 4. The zero-order valence-electron chi connectivity index (χ0n) is 17.3. The SMILES string of the molecule is CCOc1ccc(C(NC(=O)c2ccc(NC(N)=O)cc2)C(C)C)cc1OCC. The maximum absolute atomic E-state index is 12.8. The Morgan fingerprint density at radius 3 is 2.14 bits per heavy atom. The van der Waals surface area contributed by atoms with Gasteiger partial charge in [0.25, 0.3) is 5.91 Å². The standard InChI is InChI=1S/C22H29N3O4/c1-5-28-18-12-9-16(13-19(18)29-6-2)20(14(3)4)25-21(26)15-7-10-17(11-8-15)24-22(23)27/h7-14,20H,5-6H2,1-4H3,(H,25,26)(H3,23,24,27). The van der Waals surface area contributed by atoms with Crippen molar-refractivity contribution in [1.82, 2.24) is 5.32 Å². The summed E-state index contributed by atoms with van der Waals surface area (Å²) in [4.78, 5) is 23.7. The van der Waals surface area contributed by atoms with E-state index in [0.29, 0.717) is 36.0 Å². The van der Waals surface area contributed by atoms with Crippen LogP contribution in [0.25, 0.3) is 0 Å². The van der Waals surface area contributed by atoms with Gasteiger partial charge in [-0.15, -0.1) is 0 Å². The molecule has 0 saturated carbocycles. The number of ether oxygens (including phenoxy) is 2. The van der Waals surface area contributed by atoms with Crippen LogP contribution in [-0.2, 0) is 0 Å². The molecule has 2 aromatic carbocycles. The molecule has 4 N–H and O–H groups in total. The highest BCUT2D eigenvalue weighted by atomic mass is 16.5. The van der Waals surface area contributed by atoms with Crippen LogP contribution in [0.2, 0.25) is 0 Å². The summed E-state index contributed by atoms with van der Waals surface area (Å²) in [6.07, 6.45) is 0. The van der Waals surface area contributed by atoms with E-state index >= 15 is 0 Å². The zero-order valence-corrected chi connectivity index (χ0v) is 17.3. The summed E-state index contributed by atoms with van der Waals surface area (Å²) in [6.45, 7) is 8.99. The third-order valence-electron chi connectivity index (χ3n) is 4.29. The van der Waals surface area contributed by atoms with Crippen LogP contribution >= 0.6 is 0 Å². The molecule has 2 aromatic rings. The van der Waals surface area contributed by atoms with E-state index in [1.54, 1.807) is 24.3 Å². The van der Waals surface area contributed by atoms with Gasteiger partial charge in [0.1, 0.15) is 0 Å². The molecule has 0 aliphatic rings. The summed E-state index contributed by atoms with van der Waals surface area (Å²) in [5, 5.41) is 5.55. The van der Waals surface area contributed by atoms with Gasteiger partial charge in [-0.05, 0) is 61.7 Å². The highest BCUT2D eigenvalue weighted by Gasteiger charge is 2.21. The number of carbonyl (C=O) groups excluding carboxylic acids is 2. The molecule has 1 unspecified atom stereocenters. The van der Waals surface area contributed by atoms with Crippen molar-refractivity contribution in [3.63, 3.8) is 0 Å². The lowest BCUT2D eigenvalue weighted by atomic mass is 9.95. The van der Waals surface area contributed by atoms with Crippen LogP contribution in [0.4, 0.5) is 10.5 Å². The first-order valence-electron chi connectivity index (χ1n) is 9.72. The topological polar surface area (TPSA) is 103 Å². The van der Waals surface area contributed by atoms with Crippen molar-refractivity contribution in [1.29, 1.82) is 0 Å². The van der Waals surface area contributed by atoms with E-state index in [2.05, 4.69) is 10.6 Å². The van der Waals surface area contributed by atoms with Crippen LogP contribution in [-0.4, -0.2) is 25.2 Å². The predicted octanol–water partition coefficient (Wildman–Crippen LogP) is 4.10. The average molecular weight is 399 g/mol.